The number of hydrogen-bond donors (Lipinski definition) is 1. The fraction of sp³-hybridized carbons (Fsp3) is 0.426. The number of ether oxygens (including phenoxy) is 2. The van der Waals surface area contributed by atoms with Crippen LogP contribution in [0.1, 0.15) is 67.7 Å². The molecule has 0 unspecified atom stereocenters. The Hall–Kier alpha value is -4.29. The number of halogens is 1. The minimum absolute atomic E-state index is 0.0808. The van der Waals surface area contributed by atoms with Crippen molar-refractivity contribution < 1.29 is 29.0 Å². The Morgan fingerprint density at radius 3 is 2.40 bits per heavy atom. The summed E-state index contributed by atoms with van der Waals surface area (Å²) in [7, 11) is -0.852. The van der Waals surface area contributed by atoms with Crippen molar-refractivity contribution in [2.24, 2.45) is 5.92 Å². The summed E-state index contributed by atoms with van der Waals surface area (Å²) in [5.74, 6) is 0.445. The van der Waals surface area contributed by atoms with Crippen molar-refractivity contribution in [3.05, 3.63) is 118 Å². The molecular formula is C47H54BrN3O6Si. The lowest BCUT2D eigenvalue weighted by molar-refractivity contribution is -0.151. The van der Waals surface area contributed by atoms with Crippen LogP contribution in [0, 0.1) is 5.92 Å². The van der Waals surface area contributed by atoms with Gasteiger partial charge in [-0.2, -0.15) is 0 Å². The molecule has 11 heteroatoms. The Morgan fingerprint density at radius 1 is 0.948 bits per heavy atom. The second kappa shape index (κ2) is 16.4. The standard InChI is InChI=1S/C47H54BrN3O6Si/c1-31-45(58(3,4)39-21-19-38(56-2)20-22-39)42(27-44(54)50-29-34-12-9-8-11-33(34)25-37(50)30-52)57-47(31)40-26-35(48)16-23-41(40)51(46(47)55)28-32-14-17-36(18-15-32)49-24-10-6-5-7-13-43(49)53/h8-9,11-12,14-23,26,31,37,42,45,52H,5-7,10,13,24-25,27-30H2,1-4H3/t31-,37+,42+,45-,47+/m1/s1. The third-order valence-corrected chi connectivity index (χ3v) is 18.3. The van der Waals surface area contributed by atoms with Crippen molar-refractivity contribution in [3.8, 4) is 5.75 Å². The Balaban J connectivity index is 1.14. The van der Waals surface area contributed by atoms with E-state index in [9.17, 15) is 14.7 Å². The molecular weight excluding hydrogens is 811 g/mol. The van der Waals surface area contributed by atoms with Crippen LogP contribution in [0.3, 0.4) is 0 Å². The van der Waals surface area contributed by atoms with Gasteiger partial charge in [0.05, 0.1) is 52.6 Å². The zero-order valence-electron chi connectivity index (χ0n) is 34.0. The maximum atomic E-state index is 15.4. The average Bonchev–Trinajstić information content (AvgIpc) is 3.64. The van der Waals surface area contributed by atoms with Crippen molar-refractivity contribution in [2.75, 3.05) is 30.1 Å². The molecule has 8 rings (SSSR count). The maximum Gasteiger partial charge on any atom is 0.264 e. The molecule has 0 aromatic heterocycles. The minimum Gasteiger partial charge on any atom is -0.497 e. The number of carbonyl (C=O) groups excluding carboxylic acids is 3. The second-order valence-corrected chi connectivity index (χ2v) is 22.7. The number of amides is 3. The first-order valence-corrected chi connectivity index (χ1v) is 24.6. The van der Waals surface area contributed by atoms with Crippen LogP contribution >= 0.6 is 15.9 Å². The summed E-state index contributed by atoms with van der Waals surface area (Å²) in [6.45, 7) is 8.12. The van der Waals surface area contributed by atoms with Gasteiger partial charge in [0.2, 0.25) is 11.8 Å². The number of rotatable bonds is 9. The van der Waals surface area contributed by atoms with Crippen LogP contribution in [0.4, 0.5) is 11.4 Å². The molecule has 1 N–H and O–H groups in total. The number of fused-ring (bicyclic) bond motifs is 3. The van der Waals surface area contributed by atoms with E-state index in [2.05, 4.69) is 60.2 Å². The number of hydrogen-bond acceptors (Lipinski definition) is 6. The predicted molar refractivity (Wildman–Crippen MR) is 233 cm³/mol. The Kier molecular flexibility index (Phi) is 11.4. The molecule has 4 aliphatic heterocycles. The molecule has 9 nitrogen and oxygen atoms in total. The lowest BCUT2D eigenvalue weighted by Crippen LogP contribution is -2.52. The van der Waals surface area contributed by atoms with Crippen molar-refractivity contribution in [2.45, 2.75) is 101 Å². The van der Waals surface area contributed by atoms with Crippen molar-refractivity contribution in [1.82, 2.24) is 4.90 Å². The normalized spacial score (nSPS) is 24.8. The van der Waals surface area contributed by atoms with E-state index < -0.39 is 19.8 Å². The fourth-order valence-electron chi connectivity index (χ4n) is 10.4. The van der Waals surface area contributed by atoms with Gasteiger partial charge in [-0.25, -0.2) is 0 Å². The van der Waals surface area contributed by atoms with E-state index in [1.54, 1.807) is 7.11 Å². The lowest BCUT2D eigenvalue weighted by atomic mass is 9.82. The first-order valence-electron chi connectivity index (χ1n) is 20.8. The molecule has 4 aromatic carbocycles. The maximum absolute atomic E-state index is 15.4. The monoisotopic (exact) mass is 863 g/mol. The summed E-state index contributed by atoms with van der Waals surface area (Å²) in [6.07, 6.45) is 4.82. The summed E-state index contributed by atoms with van der Waals surface area (Å²) < 4.78 is 13.7. The molecule has 3 amide bonds. The topological polar surface area (TPSA) is 99.6 Å². The number of benzene rings is 4. The van der Waals surface area contributed by atoms with Gasteiger partial charge in [-0.1, -0.05) is 103 Å². The molecule has 0 saturated carbocycles. The third-order valence-electron chi connectivity index (χ3n) is 13.5. The second-order valence-electron chi connectivity index (χ2n) is 17.1. The molecule has 4 aromatic rings. The highest BCUT2D eigenvalue weighted by molar-refractivity contribution is 9.10. The lowest BCUT2D eigenvalue weighted by Gasteiger charge is -2.39. The highest BCUT2D eigenvalue weighted by Gasteiger charge is 2.66. The smallest absolute Gasteiger partial charge is 0.264 e. The third kappa shape index (κ3) is 7.22. The Morgan fingerprint density at radius 2 is 1.67 bits per heavy atom. The quantitative estimate of drug-likeness (QED) is 0.172. The van der Waals surface area contributed by atoms with Gasteiger partial charge in [-0.3, -0.25) is 14.4 Å². The molecule has 0 bridgehead atoms. The number of anilines is 2. The molecule has 4 aliphatic rings. The fourth-order valence-corrected chi connectivity index (χ4v) is 14.7. The number of aliphatic hydroxyl groups excluding tert-OH is 1. The minimum atomic E-state index is -2.51. The van der Waals surface area contributed by atoms with Gasteiger partial charge < -0.3 is 29.3 Å². The summed E-state index contributed by atoms with van der Waals surface area (Å²) in [5.41, 5.74) is 4.23. The number of nitrogens with zero attached hydrogens (tertiary/aromatic N) is 3. The summed E-state index contributed by atoms with van der Waals surface area (Å²) >= 11 is 3.72. The van der Waals surface area contributed by atoms with Crippen LogP contribution < -0.4 is 19.7 Å². The van der Waals surface area contributed by atoms with E-state index in [1.165, 1.54) is 5.19 Å². The molecule has 2 fully saturated rings. The van der Waals surface area contributed by atoms with Gasteiger partial charge in [-0.15, -0.1) is 0 Å². The predicted octanol–water partition coefficient (Wildman–Crippen LogP) is 7.85. The van der Waals surface area contributed by atoms with E-state index in [0.29, 0.717) is 25.9 Å². The van der Waals surface area contributed by atoms with E-state index in [1.807, 2.05) is 81.4 Å². The van der Waals surface area contributed by atoms with Crippen LogP contribution in [-0.4, -0.2) is 68.2 Å². The molecule has 4 heterocycles. The van der Waals surface area contributed by atoms with Crippen LogP contribution in [0.25, 0.3) is 0 Å². The summed E-state index contributed by atoms with van der Waals surface area (Å²) in [6, 6.07) is 30.0. The SMILES string of the molecule is COc1ccc([Si](C)(C)[C@H]2[C@H](CC(=O)N3Cc4ccccc4C[C@H]3CO)O[C@@]3(C(=O)N(Cc4ccc(N5CCCCCCC5=O)cc4)c4ccc(Br)cc43)[C@@H]2C)cc1. The van der Waals surface area contributed by atoms with Crippen LogP contribution in [0.15, 0.2) is 95.5 Å². The summed E-state index contributed by atoms with van der Waals surface area (Å²) in [5, 5.41) is 11.7. The van der Waals surface area contributed by atoms with Crippen LogP contribution in [0.2, 0.25) is 18.6 Å². The molecule has 5 atom stereocenters. The highest BCUT2D eigenvalue weighted by atomic mass is 79.9. The van der Waals surface area contributed by atoms with Gasteiger partial charge >= 0.3 is 0 Å². The van der Waals surface area contributed by atoms with Gasteiger partial charge in [-0.05, 0) is 84.0 Å². The van der Waals surface area contributed by atoms with E-state index in [-0.39, 0.29) is 48.3 Å². The molecule has 2 saturated heterocycles. The Labute approximate surface area is 351 Å². The van der Waals surface area contributed by atoms with Gasteiger partial charge in [0.25, 0.3) is 5.91 Å². The van der Waals surface area contributed by atoms with Crippen molar-refractivity contribution in [3.63, 3.8) is 0 Å². The molecule has 58 heavy (non-hydrogen) atoms. The first kappa shape index (κ1) is 40.5. The highest BCUT2D eigenvalue weighted by Crippen LogP contribution is 2.60. The van der Waals surface area contributed by atoms with Gasteiger partial charge in [0.1, 0.15) is 5.75 Å². The molecule has 304 valence electrons. The largest absolute Gasteiger partial charge is 0.497 e. The van der Waals surface area contributed by atoms with E-state index >= 15 is 4.79 Å². The first-order chi connectivity index (χ1) is 28.0. The van der Waals surface area contributed by atoms with Gasteiger partial charge in [0.15, 0.2) is 5.60 Å². The number of methoxy groups -OCH3 is 1. The van der Waals surface area contributed by atoms with Crippen LogP contribution in [0.5, 0.6) is 5.75 Å². The summed E-state index contributed by atoms with van der Waals surface area (Å²) in [4.78, 5) is 48.6. The van der Waals surface area contributed by atoms with Crippen molar-refractivity contribution >= 4 is 58.3 Å². The number of carbonyl (C=O) groups is 3. The zero-order chi connectivity index (χ0) is 40.8. The molecule has 0 radical (unpaired) electrons. The number of aliphatic hydroxyl groups is 1. The van der Waals surface area contributed by atoms with E-state index in [0.717, 1.165) is 76.1 Å². The Bertz CT molecular complexity index is 2180. The van der Waals surface area contributed by atoms with Crippen molar-refractivity contribution in [1.29, 1.82) is 0 Å². The molecule has 1 spiro atoms. The van der Waals surface area contributed by atoms with Gasteiger partial charge in [0, 0.05) is 41.2 Å². The average molecular weight is 865 g/mol. The van der Waals surface area contributed by atoms with Crippen LogP contribution in [-0.2, 0) is 44.2 Å². The van der Waals surface area contributed by atoms with E-state index in [4.69, 9.17) is 9.47 Å². The molecule has 0 aliphatic carbocycles. The zero-order valence-corrected chi connectivity index (χ0v) is 36.5.